The molecule has 1 aliphatic heterocycles. The Balaban J connectivity index is 1.75. The maximum atomic E-state index is 12.4. The third-order valence-electron chi connectivity index (χ3n) is 4.22. The van der Waals surface area contributed by atoms with Gasteiger partial charge < -0.3 is 19.4 Å². The second-order valence-corrected chi connectivity index (χ2v) is 6.18. The lowest BCUT2D eigenvalue weighted by molar-refractivity contribution is -0.128. The molecule has 132 valence electrons. The quantitative estimate of drug-likeness (QED) is 0.877. The van der Waals surface area contributed by atoms with Crippen molar-refractivity contribution in [1.82, 2.24) is 10.2 Å². The Bertz CT molecular complexity index is 873. The summed E-state index contributed by atoms with van der Waals surface area (Å²) in [6, 6.07) is 6.10. The van der Waals surface area contributed by atoms with E-state index in [1.54, 1.807) is 24.1 Å². The predicted octanol–water partition coefficient (Wildman–Crippen LogP) is 1.08. The molecule has 1 N–H and O–H groups in total. The number of amides is 2. The molecule has 0 spiro atoms. The summed E-state index contributed by atoms with van der Waals surface area (Å²) in [6.45, 7) is 3.24. The lowest BCUT2D eigenvalue weighted by atomic mass is 10.1. The fourth-order valence-electron chi connectivity index (χ4n) is 2.92. The highest BCUT2D eigenvalue weighted by molar-refractivity contribution is 5.94. The first-order valence-electron chi connectivity index (χ1n) is 8.10. The Hall–Kier alpha value is -2.67. The minimum atomic E-state index is -0.494. The molecule has 2 heterocycles. The first kappa shape index (κ1) is 17.2. The van der Waals surface area contributed by atoms with Crippen LogP contribution in [0.25, 0.3) is 11.0 Å². The number of aryl methyl sites for hydroxylation is 1. The van der Waals surface area contributed by atoms with Crippen molar-refractivity contribution >= 4 is 22.8 Å². The van der Waals surface area contributed by atoms with Crippen molar-refractivity contribution in [3.8, 4) is 0 Å². The Morgan fingerprint density at radius 1 is 1.36 bits per heavy atom. The van der Waals surface area contributed by atoms with Gasteiger partial charge in [0.2, 0.25) is 5.91 Å². The fraction of sp³-hybridized carbons (Fsp3) is 0.389. The predicted molar refractivity (Wildman–Crippen MR) is 91.5 cm³/mol. The lowest BCUT2D eigenvalue weighted by Crippen LogP contribution is -2.38. The van der Waals surface area contributed by atoms with Crippen molar-refractivity contribution in [1.29, 1.82) is 0 Å². The van der Waals surface area contributed by atoms with Crippen LogP contribution in [0.5, 0.6) is 0 Å². The second kappa shape index (κ2) is 7.06. The number of rotatable bonds is 5. The first-order chi connectivity index (χ1) is 12.0. The molecule has 7 heteroatoms. The fourth-order valence-corrected chi connectivity index (χ4v) is 2.92. The van der Waals surface area contributed by atoms with Crippen LogP contribution in [0.3, 0.4) is 0 Å². The average Bonchev–Trinajstić information content (AvgIpc) is 2.91. The standard InChI is InChI=1S/C18H20N2O5/c1-11-3-4-13-14(21)9-16(25-15(13)7-11)18(23)19-12-8-17(22)20(10-12)5-6-24-2/h3-4,7,9,12H,5-6,8,10H2,1-2H3,(H,19,23). The van der Waals surface area contributed by atoms with Crippen molar-refractivity contribution in [3.05, 3.63) is 45.8 Å². The number of ether oxygens (including phenoxy) is 1. The summed E-state index contributed by atoms with van der Waals surface area (Å²) < 4.78 is 10.6. The van der Waals surface area contributed by atoms with Gasteiger partial charge >= 0.3 is 0 Å². The number of nitrogens with zero attached hydrogens (tertiary/aromatic N) is 1. The van der Waals surface area contributed by atoms with Gasteiger partial charge in [0.1, 0.15) is 5.58 Å². The van der Waals surface area contributed by atoms with E-state index in [2.05, 4.69) is 5.32 Å². The van der Waals surface area contributed by atoms with E-state index in [1.165, 1.54) is 6.07 Å². The van der Waals surface area contributed by atoms with Crippen LogP contribution in [-0.2, 0) is 9.53 Å². The summed E-state index contributed by atoms with van der Waals surface area (Å²) in [5.74, 6) is -0.573. The zero-order chi connectivity index (χ0) is 18.0. The second-order valence-electron chi connectivity index (χ2n) is 6.18. The Labute approximate surface area is 144 Å². The molecular weight excluding hydrogens is 324 g/mol. The van der Waals surface area contributed by atoms with Gasteiger partial charge in [-0.25, -0.2) is 0 Å². The summed E-state index contributed by atoms with van der Waals surface area (Å²) in [5.41, 5.74) is 1.04. The van der Waals surface area contributed by atoms with Crippen molar-refractivity contribution in [2.24, 2.45) is 0 Å². The number of benzene rings is 1. The van der Waals surface area contributed by atoms with E-state index >= 15 is 0 Å². The van der Waals surface area contributed by atoms with Gasteiger partial charge in [-0.1, -0.05) is 6.07 Å². The van der Waals surface area contributed by atoms with Crippen LogP contribution in [0.1, 0.15) is 22.5 Å². The number of fused-ring (bicyclic) bond motifs is 1. The number of likely N-dealkylation sites (tertiary alicyclic amines) is 1. The monoisotopic (exact) mass is 344 g/mol. The highest BCUT2D eigenvalue weighted by Crippen LogP contribution is 2.16. The Kier molecular flexibility index (Phi) is 4.85. The van der Waals surface area contributed by atoms with Crippen LogP contribution in [0.2, 0.25) is 0 Å². The van der Waals surface area contributed by atoms with E-state index in [0.29, 0.717) is 30.7 Å². The third kappa shape index (κ3) is 3.71. The molecular formula is C18H20N2O5. The van der Waals surface area contributed by atoms with Gasteiger partial charge in [0.15, 0.2) is 11.2 Å². The molecule has 3 rings (SSSR count). The summed E-state index contributed by atoms with van der Waals surface area (Å²) in [6.07, 6.45) is 0.229. The number of hydrogen-bond acceptors (Lipinski definition) is 5. The average molecular weight is 344 g/mol. The highest BCUT2D eigenvalue weighted by atomic mass is 16.5. The molecule has 1 saturated heterocycles. The topological polar surface area (TPSA) is 88.8 Å². The summed E-state index contributed by atoms with van der Waals surface area (Å²) >= 11 is 0. The van der Waals surface area contributed by atoms with E-state index in [-0.39, 0.29) is 29.6 Å². The molecule has 2 aromatic rings. The Morgan fingerprint density at radius 3 is 2.92 bits per heavy atom. The van der Waals surface area contributed by atoms with Crippen molar-refractivity contribution in [2.45, 2.75) is 19.4 Å². The molecule has 1 fully saturated rings. The minimum Gasteiger partial charge on any atom is -0.451 e. The third-order valence-corrected chi connectivity index (χ3v) is 4.22. The first-order valence-corrected chi connectivity index (χ1v) is 8.10. The van der Waals surface area contributed by atoms with E-state index in [9.17, 15) is 14.4 Å². The van der Waals surface area contributed by atoms with Crippen LogP contribution in [-0.4, -0.2) is 49.6 Å². The van der Waals surface area contributed by atoms with Gasteiger partial charge in [0.25, 0.3) is 5.91 Å². The van der Waals surface area contributed by atoms with Gasteiger partial charge in [-0.3, -0.25) is 14.4 Å². The molecule has 1 aliphatic rings. The number of nitrogens with one attached hydrogen (secondary N) is 1. The number of hydrogen-bond donors (Lipinski definition) is 1. The molecule has 1 aromatic carbocycles. The zero-order valence-corrected chi connectivity index (χ0v) is 14.2. The van der Waals surface area contributed by atoms with Crippen LogP contribution in [0.15, 0.2) is 33.5 Å². The summed E-state index contributed by atoms with van der Waals surface area (Å²) in [4.78, 5) is 38.1. The molecule has 25 heavy (non-hydrogen) atoms. The van der Waals surface area contributed by atoms with Gasteiger partial charge in [-0.2, -0.15) is 0 Å². The molecule has 1 unspecified atom stereocenters. The van der Waals surface area contributed by atoms with E-state index < -0.39 is 5.91 Å². The molecule has 0 bridgehead atoms. The van der Waals surface area contributed by atoms with E-state index in [1.807, 2.05) is 13.0 Å². The van der Waals surface area contributed by atoms with E-state index in [0.717, 1.165) is 5.56 Å². The van der Waals surface area contributed by atoms with Crippen molar-refractivity contribution < 1.29 is 18.7 Å². The van der Waals surface area contributed by atoms with Crippen molar-refractivity contribution in [2.75, 3.05) is 26.8 Å². The van der Waals surface area contributed by atoms with E-state index in [4.69, 9.17) is 9.15 Å². The molecule has 2 amide bonds. The zero-order valence-electron chi connectivity index (χ0n) is 14.2. The molecule has 1 aromatic heterocycles. The number of carbonyl (C=O) groups is 2. The SMILES string of the molecule is COCCN1CC(NC(=O)c2cc(=O)c3ccc(C)cc3o2)CC1=O. The molecule has 0 saturated carbocycles. The number of carbonyl (C=O) groups excluding carboxylic acids is 2. The van der Waals surface area contributed by atoms with Crippen LogP contribution >= 0.6 is 0 Å². The van der Waals surface area contributed by atoms with Crippen LogP contribution in [0, 0.1) is 6.92 Å². The maximum Gasteiger partial charge on any atom is 0.287 e. The van der Waals surface area contributed by atoms with Crippen LogP contribution < -0.4 is 10.7 Å². The van der Waals surface area contributed by atoms with Gasteiger partial charge in [0, 0.05) is 32.7 Å². The molecule has 7 nitrogen and oxygen atoms in total. The minimum absolute atomic E-state index is 0.0297. The molecule has 0 radical (unpaired) electrons. The smallest absolute Gasteiger partial charge is 0.287 e. The molecule has 0 aliphatic carbocycles. The Morgan fingerprint density at radius 2 is 2.16 bits per heavy atom. The number of methoxy groups -OCH3 is 1. The van der Waals surface area contributed by atoms with Crippen molar-refractivity contribution in [3.63, 3.8) is 0 Å². The summed E-state index contributed by atoms with van der Waals surface area (Å²) in [5, 5.41) is 3.20. The lowest BCUT2D eigenvalue weighted by Gasteiger charge is -2.16. The van der Waals surface area contributed by atoms with Crippen LogP contribution in [0.4, 0.5) is 0 Å². The normalized spacial score (nSPS) is 17.3. The summed E-state index contributed by atoms with van der Waals surface area (Å²) in [7, 11) is 1.57. The maximum absolute atomic E-state index is 12.4. The van der Waals surface area contributed by atoms with Gasteiger partial charge in [0.05, 0.1) is 18.0 Å². The largest absolute Gasteiger partial charge is 0.451 e. The van der Waals surface area contributed by atoms with Gasteiger partial charge in [-0.15, -0.1) is 0 Å². The van der Waals surface area contributed by atoms with Gasteiger partial charge in [-0.05, 0) is 24.6 Å². The highest BCUT2D eigenvalue weighted by Gasteiger charge is 2.30. The molecule has 1 atom stereocenters.